The number of carbonyl (C=O) groups is 2. The van der Waals surface area contributed by atoms with Gasteiger partial charge in [-0.05, 0) is 43.3 Å². The van der Waals surface area contributed by atoms with E-state index in [1.54, 1.807) is 0 Å². The van der Waals surface area contributed by atoms with E-state index in [1.165, 1.54) is 35.8 Å². The number of carbonyl (C=O) groups excluding carboxylic acids is 2. The highest BCUT2D eigenvalue weighted by Gasteiger charge is 2.30. The molecule has 0 spiro atoms. The van der Waals surface area contributed by atoms with Crippen LogP contribution in [0.25, 0.3) is 0 Å². The quantitative estimate of drug-likeness (QED) is 0.697. The molecule has 0 atom stereocenters. The molecule has 1 N–H and O–H groups in total. The average molecular weight is 412 g/mol. The molecule has 0 aliphatic rings. The van der Waals surface area contributed by atoms with Gasteiger partial charge in [0, 0.05) is 17.6 Å². The molecule has 0 heterocycles. The Kier molecular flexibility index (Phi) is 7.33. The van der Waals surface area contributed by atoms with Crippen LogP contribution < -0.4 is 10.1 Å². The molecule has 9 heteroatoms. The van der Waals surface area contributed by atoms with Crippen LogP contribution in [0.15, 0.2) is 53.4 Å². The number of hydrogen-bond acceptors (Lipinski definition) is 4. The number of likely N-dealkylation sites (N-methyl/N-ethyl adjacent to an activating group) is 1. The van der Waals surface area contributed by atoms with E-state index in [0.717, 1.165) is 22.6 Å². The van der Waals surface area contributed by atoms with E-state index < -0.39 is 12.3 Å². The fraction of sp³-hybridized carbons (Fsp3) is 0.263. The van der Waals surface area contributed by atoms with Crippen molar-refractivity contribution < 1.29 is 27.5 Å². The van der Waals surface area contributed by atoms with Crippen molar-refractivity contribution in [1.29, 1.82) is 0 Å². The van der Waals surface area contributed by atoms with Gasteiger partial charge in [0.25, 0.3) is 0 Å². The number of amides is 2. The van der Waals surface area contributed by atoms with Crippen molar-refractivity contribution >= 4 is 29.3 Å². The first-order valence-corrected chi connectivity index (χ1v) is 9.20. The lowest BCUT2D eigenvalue weighted by atomic mass is 10.2. The summed E-state index contributed by atoms with van der Waals surface area (Å²) in [7, 11) is 1.51. The third kappa shape index (κ3) is 7.51. The van der Waals surface area contributed by atoms with Crippen LogP contribution in [-0.4, -0.2) is 42.4 Å². The van der Waals surface area contributed by atoms with Crippen LogP contribution in [0.5, 0.6) is 5.75 Å². The number of benzene rings is 2. The van der Waals surface area contributed by atoms with Crippen molar-refractivity contribution in [1.82, 2.24) is 4.90 Å². The molecule has 28 heavy (non-hydrogen) atoms. The molecule has 2 amide bonds. The summed E-state index contributed by atoms with van der Waals surface area (Å²) in [5.74, 6) is -0.864. The van der Waals surface area contributed by atoms with Gasteiger partial charge in [0.1, 0.15) is 5.75 Å². The van der Waals surface area contributed by atoms with E-state index in [4.69, 9.17) is 0 Å². The van der Waals surface area contributed by atoms with Gasteiger partial charge in [-0.2, -0.15) is 0 Å². The number of hydrogen-bond donors (Lipinski definition) is 1. The van der Waals surface area contributed by atoms with Gasteiger partial charge >= 0.3 is 6.36 Å². The SMILES string of the molecule is Cc1ccc(SCC(=O)N(C)CC(=O)Nc2ccc(OC(F)(F)F)cc2)cc1. The van der Waals surface area contributed by atoms with Gasteiger partial charge in [-0.25, -0.2) is 0 Å². The summed E-state index contributed by atoms with van der Waals surface area (Å²) in [6.07, 6.45) is -4.77. The maximum absolute atomic E-state index is 12.2. The first kappa shape index (κ1) is 21.6. The van der Waals surface area contributed by atoms with Crippen molar-refractivity contribution in [2.45, 2.75) is 18.2 Å². The summed E-state index contributed by atoms with van der Waals surface area (Å²) in [6, 6.07) is 12.5. The fourth-order valence-corrected chi connectivity index (χ4v) is 2.97. The zero-order chi connectivity index (χ0) is 20.7. The van der Waals surface area contributed by atoms with E-state index in [9.17, 15) is 22.8 Å². The minimum absolute atomic E-state index is 0.173. The lowest BCUT2D eigenvalue weighted by Crippen LogP contribution is -2.35. The summed E-state index contributed by atoms with van der Waals surface area (Å²) < 4.78 is 40.1. The summed E-state index contributed by atoms with van der Waals surface area (Å²) in [4.78, 5) is 26.4. The molecule has 0 bridgehead atoms. The smallest absolute Gasteiger partial charge is 0.406 e. The van der Waals surface area contributed by atoms with Crippen LogP contribution in [0.2, 0.25) is 0 Å². The number of aryl methyl sites for hydroxylation is 1. The molecule has 0 fully saturated rings. The lowest BCUT2D eigenvalue weighted by molar-refractivity contribution is -0.274. The molecule has 2 rings (SSSR count). The van der Waals surface area contributed by atoms with Crippen LogP contribution in [0.3, 0.4) is 0 Å². The molecule has 0 saturated heterocycles. The topological polar surface area (TPSA) is 58.6 Å². The second kappa shape index (κ2) is 9.50. The minimum Gasteiger partial charge on any atom is -0.406 e. The zero-order valence-electron chi connectivity index (χ0n) is 15.2. The van der Waals surface area contributed by atoms with Crippen molar-refractivity contribution in [3.63, 3.8) is 0 Å². The van der Waals surface area contributed by atoms with Crippen LogP contribution in [-0.2, 0) is 9.59 Å². The molecule has 150 valence electrons. The Morgan fingerprint density at radius 3 is 2.25 bits per heavy atom. The summed E-state index contributed by atoms with van der Waals surface area (Å²) in [6.45, 7) is 1.80. The van der Waals surface area contributed by atoms with E-state index in [2.05, 4.69) is 10.1 Å². The Bertz CT molecular complexity index is 809. The summed E-state index contributed by atoms with van der Waals surface area (Å²) in [5.41, 5.74) is 1.43. The lowest BCUT2D eigenvalue weighted by Gasteiger charge is -2.17. The van der Waals surface area contributed by atoms with Crippen molar-refractivity contribution in [3.05, 3.63) is 54.1 Å². The summed E-state index contributed by atoms with van der Waals surface area (Å²) in [5, 5.41) is 2.52. The van der Waals surface area contributed by atoms with Crippen molar-refractivity contribution in [3.8, 4) is 5.75 Å². The molecule has 0 aliphatic heterocycles. The highest BCUT2D eigenvalue weighted by atomic mass is 32.2. The average Bonchev–Trinajstić information content (AvgIpc) is 2.61. The number of nitrogens with one attached hydrogen (secondary N) is 1. The van der Waals surface area contributed by atoms with E-state index in [-0.39, 0.29) is 24.0 Å². The van der Waals surface area contributed by atoms with Crippen molar-refractivity contribution in [2.24, 2.45) is 0 Å². The number of alkyl halides is 3. The first-order valence-electron chi connectivity index (χ1n) is 8.21. The molecule has 2 aromatic carbocycles. The van der Waals surface area contributed by atoms with Crippen molar-refractivity contribution in [2.75, 3.05) is 24.7 Å². The van der Waals surface area contributed by atoms with Gasteiger partial charge in [0.15, 0.2) is 0 Å². The van der Waals surface area contributed by atoms with E-state index >= 15 is 0 Å². The third-order valence-electron chi connectivity index (χ3n) is 3.56. The van der Waals surface area contributed by atoms with E-state index in [1.807, 2.05) is 31.2 Å². The molecule has 0 radical (unpaired) electrons. The van der Waals surface area contributed by atoms with Gasteiger partial charge in [-0.3, -0.25) is 9.59 Å². The first-order chi connectivity index (χ1) is 13.1. The maximum Gasteiger partial charge on any atom is 0.573 e. The van der Waals surface area contributed by atoms with Crippen LogP contribution in [0.4, 0.5) is 18.9 Å². The molecule has 0 aromatic heterocycles. The normalized spacial score (nSPS) is 11.0. The minimum atomic E-state index is -4.77. The number of rotatable bonds is 7. The zero-order valence-corrected chi connectivity index (χ0v) is 16.1. The van der Waals surface area contributed by atoms with Crippen LogP contribution in [0.1, 0.15) is 5.56 Å². The van der Waals surface area contributed by atoms with Crippen LogP contribution in [0, 0.1) is 6.92 Å². The molecule has 0 unspecified atom stereocenters. The predicted molar refractivity (Wildman–Crippen MR) is 101 cm³/mol. The molecule has 0 aliphatic carbocycles. The number of halogens is 3. The molecule has 5 nitrogen and oxygen atoms in total. The molecular formula is C19H19F3N2O3S. The third-order valence-corrected chi connectivity index (χ3v) is 4.56. The summed E-state index contributed by atoms with van der Waals surface area (Å²) >= 11 is 1.37. The van der Waals surface area contributed by atoms with Crippen LogP contribution >= 0.6 is 11.8 Å². The highest BCUT2D eigenvalue weighted by molar-refractivity contribution is 8.00. The molecule has 0 saturated carbocycles. The predicted octanol–water partition coefficient (Wildman–Crippen LogP) is 4.08. The fourth-order valence-electron chi connectivity index (χ4n) is 2.13. The Hall–Kier alpha value is -2.68. The van der Waals surface area contributed by atoms with Gasteiger partial charge in [0.05, 0.1) is 12.3 Å². The monoisotopic (exact) mass is 412 g/mol. The maximum atomic E-state index is 12.2. The highest BCUT2D eigenvalue weighted by Crippen LogP contribution is 2.24. The largest absolute Gasteiger partial charge is 0.573 e. The van der Waals surface area contributed by atoms with Gasteiger partial charge < -0.3 is 15.0 Å². The number of thioether (sulfide) groups is 1. The number of ether oxygens (including phenoxy) is 1. The Morgan fingerprint density at radius 2 is 1.68 bits per heavy atom. The number of nitrogens with zero attached hydrogens (tertiary/aromatic N) is 1. The standard InChI is InChI=1S/C19H19F3N2O3S/c1-13-3-9-16(10-4-13)28-12-18(26)24(2)11-17(25)23-14-5-7-15(8-6-14)27-19(20,21)22/h3-10H,11-12H2,1-2H3,(H,23,25). The Balaban J connectivity index is 1.79. The second-order valence-corrected chi connectivity index (χ2v) is 7.02. The van der Waals surface area contributed by atoms with E-state index in [0.29, 0.717) is 5.69 Å². The van der Waals surface area contributed by atoms with Gasteiger partial charge in [-0.15, -0.1) is 24.9 Å². The van der Waals surface area contributed by atoms with Gasteiger partial charge in [-0.1, -0.05) is 17.7 Å². The molecular weight excluding hydrogens is 393 g/mol. The number of anilines is 1. The molecule has 2 aromatic rings. The van der Waals surface area contributed by atoms with Gasteiger partial charge in [0.2, 0.25) is 11.8 Å². The Morgan fingerprint density at radius 1 is 1.07 bits per heavy atom. The Labute approximate surface area is 164 Å². The second-order valence-electron chi connectivity index (χ2n) is 5.97.